The largest absolute Gasteiger partial charge is 0.416 e. The van der Waals surface area contributed by atoms with E-state index in [-0.39, 0.29) is 34.2 Å². The molecule has 1 saturated heterocycles. The second kappa shape index (κ2) is 14.4. The Morgan fingerprint density at radius 2 is 1.81 bits per heavy atom. The van der Waals surface area contributed by atoms with E-state index in [1.807, 2.05) is 6.07 Å². The Morgan fingerprint density at radius 1 is 1.05 bits per heavy atom. The lowest BCUT2D eigenvalue weighted by molar-refractivity contribution is -0.173. The summed E-state index contributed by atoms with van der Waals surface area (Å²) in [5, 5.41) is 11.9. The summed E-state index contributed by atoms with van der Waals surface area (Å²) in [4.78, 5) is 0. The molecular weight excluding hydrogens is 540 g/mol. The monoisotopic (exact) mass is 600 g/mol. The molecule has 2 fully saturated rings. The third-order valence-corrected chi connectivity index (χ3v) is 15.8. The average molecular weight is 601 g/mol. The molecule has 0 radical (unpaired) electrons. The first-order valence-electron chi connectivity index (χ1n) is 16.8. The van der Waals surface area contributed by atoms with Crippen LogP contribution in [0.3, 0.4) is 0 Å². The van der Waals surface area contributed by atoms with Crippen molar-refractivity contribution in [3.8, 4) is 0 Å². The summed E-state index contributed by atoms with van der Waals surface area (Å²) < 4.78 is 25.4. The average Bonchev–Trinajstić information content (AvgIpc) is 2.96. The number of hydrogen-bond donors (Lipinski definition) is 1. The predicted molar refractivity (Wildman–Crippen MR) is 174 cm³/mol. The molecule has 6 atom stereocenters. The molecule has 42 heavy (non-hydrogen) atoms. The van der Waals surface area contributed by atoms with E-state index in [4.69, 9.17) is 18.6 Å². The molecule has 1 N–H and O–H groups in total. The topological polar surface area (TPSA) is 57.2 Å². The molecule has 1 saturated carbocycles. The van der Waals surface area contributed by atoms with Gasteiger partial charge in [0.15, 0.2) is 14.6 Å². The van der Waals surface area contributed by atoms with Crippen LogP contribution in [0.2, 0.25) is 18.1 Å². The van der Waals surface area contributed by atoms with E-state index < -0.39 is 8.32 Å². The maximum Gasteiger partial charge on any atom is 0.192 e. The van der Waals surface area contributed by atoms with Crippen molar-refractivity contribution >= 4 is 8.32 Å². The van der Waals surface area contributed by atoms with Crippen LogP contribution in [0.4, 0.5) is 0 Å². The Kier molecular flexibility index (Phi) is 11.6. The Balaban J connectivity index is 1.51. The summed E-state index contributed by atoms with van der Waals surface area (Å²) in [6, 6.07) is 10.4. The molecule has 6 heteroatoms. The van der Waals surface area contributed by atoms with Crippen molar-refractivity contribution in [2.45, 2.75) is 130 Å². The standard InChI is InChI=1S/C36H60O5Si/c1-28-17-18-30-33(31(37)19-21-35(30,5)20-13-23-38-26-29-14-9-8-10-15-29)36(28,27-41-42(6,7)34(2,3)4)22-25-40-32-16-11-12-24-39-32/h8-10,14-15,18,28,31-33,37H,11-13,16-17,19-27H2,1-7H3/t28-,31-,32?,33+,35-,36+/m1/s1. The van der Waals surface area contributed by atoms with Crippen LogP contribution in [0.15, 0.2) is 42.0 Å². The number of aliphatic hydroxyl groups is 1. The molecule has 5 nitrogen and oxygen atoms in total. The van der Waals surface area contributed by atoms with Gasteiger partial charge in [-0.2, -0.15) is 0 Å². The molecule has 0 aromatic heterocycles. The van der Waals surface area contributed by atoms with Gasteiger partial charge < -0.3 is 23.7 Å². The third kappa shape index (κ3) is 7.97. The first-order chi connectivity index (χ1) is 19.9. The van der Waals surface area contributed by atoms with E-state index in [0.717, 1.165) is 64.6 Å². The van der Waals surface area contributed by atoms with Gasteiger partial charge in [-0.3, -0.25) is 0 Å². The Hall–Kier alpha value is -1.02. The SMILES string of the molecule is C[C@@H]1CC=C2[C@@H]([C@H](O)CC[C@@]2(C)CCCOCc2ccccc2)[C@@]1(CCOC1CCCCO1)CO[Si](C)(C)C(C)(C)C. The highest BCUT2D eigenvalue weighted by molar-refractivity contribution is 6.74. The minimum Gasteiger partial charge on any atom is -0.416 e. The zero-order chi connectivity index (χ0) is 30.4. The number of allylic oxidation sites excluding steroid dienone is 1. The summed E-state index contributed by atoms with van der Waals surface area (Å²) in [6.07, 6.45) is 11.2. The highest BCUT2D eigenvalue weighted by Gasteiger charge is 2.56. The summed E-state index contributed by atoms with van der Waals surface area (Å²) in [5.74, 6) is 0.490. The third-order valence-electron chi connectivity index (χ3n) is 11.3. The lowest BCUT2D eigenvalue weighted by Gasteiger charge is -2.57. The first kappa shape index (κ1) is 33.9. The number of benzene rings is 1. The number of hydrogen-bond acceptors (Lipinski definition) is 5. The predicted octanol–water partition coefficient (Wildman–Crippen LogP) is 8.67. The molecule has 1 aromatic carbocycles. The normalized spacial score (nSPS) is 32.3. The van der Waals surface area contributed by atoms with Crippen LogP contribution in [0, 0.1) is 22.7 Å². The van der Waals surface area contributed by atoms with Gasteiger partial charge in [-0.15, -0.1) is 0 Å². The summed E-state index contributed by atoms with van der Waals surface area (Å²) in [5.41, 5.74) is 2.59. The lowest BCUT2D eigenvalue weighted by Crippen LogP contribution is -2.56. The summed E-state index contributed by atoms with van der Waals surface area (Å²) >= 11 is 0. The fourth-order valence-electron chi connectivity index (χ4n) is 7.33. The zero-order valence-electron chi connectivity index (χ0n) is 27.8. The quantitative estimate of drug-likeness (QED) is 0.139. The molecule has 1 unspecified atom stereocenters. The van der Waals surface area contributed by atoms with Crippen LogP contribution < -0.4 is 0 Å². The first-order valence-corrected chi connectivity index (χ1v) is 19.7. The van der Waals surface area contributed by atoms with Gasteiger partial charge in [-0.25, -0.2) is 0 Å². The van der Waals surface area contributed by atoms with Crippen molar-refractivity contribution in [1.29, 1.82) is 0 Å². The van der Waals surface area contributed by atoms with Gasteiger partial charge in [0.25, 0.3) is 0 Å². The Morgan fingerprint density at radius 3 is 2.50 bits per heavy atom. The minimum absolute atomic E-state index is 0.0652. The van der Waals surface area contributed by atoms with E-state index in [0.29, 0.717) is 25.7 Å². The highest BCUT2D eigenvalue weighted by atomic mass is 28.4. The molecule has 3 aliphatic rings. The summed E-state index contributed by atoms with van der Waals surface area (Å²) in [7, 11) is -1.99. The van der Waals surface area contributed by atoms with Crippen molar-refractivity contribution in [1.82, 2.24) is 0 Å². The van der Waals surface area contributed by atoms with Gasteiger partial charge in [0.05, 0.1) is 19.3 Å². The second-order valence-electron chi connectivity index (χ2n) is 15.3. The van der Waals surface area contributed by atoms with Gasteiger partial charge >= 0.3 is 0 Å². The Labute approximate surface area is 257 Å². The van der Waals surface area contributed by atoms with Gasteiger partial charge in [0.2, 0.25) is 0 Å². The van der Waals surface area contributed by atoms with Crippen molar-refractivity contribution in [3.05, 3.63) is 47.5 Å². The Bertz CT molecular complexity index is 998. The van der Waals surface area contributed by atoms with Crippen molar-refractivity contribution in [2.24, 2.45) is 22.7 Å². The van der Waals surface area contributed by atoms with Crippen LogP contribution >= 0.6 is 0 Å². The molecular formula is C36H60O5Si. The van der Waals surface area contributed by atoms with Crippen LogP contribution in [0.1, 0.15) is 98.0 Å². The van der Waals surface area contributed by atoms with E-state index >= 15 is 0 Å². The van der Waals surface area contributed by atoms with Gasteiger partial charge in [0, 0.05) is 31.2 Å². The molecule has 2 aliphatic carbocycles. The molecule has 1 aliphatic heterocycles. The molecule has 4 rings (SSSR count). The van der Waals surface area contributed by atoms with Gasteiger partial charge in [-0.1, -0.05) is 76.6 Å². The fourth-order valence-corrected chi connectivity index (χ4v) is 8.39. The molecule has 1 heterocycles. The molecule has 0 bridgehead atoms. The second-order valence-corrected chi connectivity index (χ2v) is 20.1. The molecule has 238 valence electrons. The smallest absolute Gasteiger partial charge is 0.192 e. The molecule has 0 amide bonds. The van der Waals surface area contributed by atoms with Crippen LogP contribution in [-0.4, -0.2) is 52.2 Å². The lowest BCUT2D eigenvalue weighted by atomic mass is 9.50. The zero-order valence-corrected chi connectivity index (χ0v) is 28.8. The van der Waals surface area contributed by atoms with Crippen molar-refractivity contribution < 1.29 is 23.7 Å². The maximum absolute atomic E-state index is 11.8. The van der Waals surface area contributed by atoms with Crippen molar-refractivity contribution in [2.75, 3.05) is 26.4 Å². The molecule has 1 aromatic rings. The summed E-state index contributed by atoms with van der Waals surface area (Å²) in [6.45, 7) is 20.0. The number of fused-ring (bicyclic) bond motifs is 1. The number of rotatable bonds is 13. The minimum atomic E-state index is -1.99. The highest BCUT2D eigenvalue weighted by Crippen LogP contribution is 2.59. The van der Waals surface area contributed by atoms with E-state index in [2.05, 4.69) is 78.1 Å². The van der Waals surface area contributed by atoms with Crippen LogP contribution in [0.25, 0.3) is 0 Å². The van der Waals surface area contributed by atoms with Crippen molar-refractivity contribution in [3.63, 3.8) is 0 Å². The number of ether oxygens (including phenoxy) is 3. The van der Waals surface area contributed by atoms with Gasteiger partial charge in [0.1, 0.15) is 0 Å². The maximum atomic E-state index is 11.8. The fraction of sp³-hybridized carbons (Fsp3) is 0.778. The number of aliphatic hydroxyl groups excluding tert-OH is 1. The van der Waals surface area contributed by atoms with E-state index in [9.17, 15) is 5.11 Å². The van der Waals surface area contributed by atoms with Gasteiger partial charge in [-0.05, 0) is 92.8 Å². The van der Waals surface area contributed by atoms with E-state index in [1.165, 1.54) is 17.6 Å². The van der Waals surface area contributed by atoms with Crippen LogP contribution in [-0.2, 0) is 25.2 Å². The molecule has 0 spiro atoms. The van der Waals surface area contributed by atoms with Crippen LogP contribution in [0.5, 0.6) is 0 Å². The van der Waals surface area contributed by atoms with E-state index in [1.54, 1.807) is 0 Å².